The minimum absolute atomic E-state index is 0.282. The van der Waals surface area contributed by atoms with Crippen LogP contribution in [0.3, 0.4) is 0 Å². The fourth-order valence-corrected chi connectivity index (χ4v) is 2.85. The lowest BCUT2D eigenvalue weighted by Crippen LogP contribution is -2.31. The molecule has 25 heavy (non-hydrogen) atoms. The number of benzene rings is 1. The van der Waals surface area contributed by atoms with E-state index in [0.29, 0.717) is 43.2 Å². The molecule has 0 unspecified atom stereocenters. The lowest BCUT2D eigenvalue weighted by atomic mass is 10.2. The maximum atomic E-state index is 13.7. The quantitative estimate of drug-likeness (QED) is 0.737. The second-order valence-electron chi connectivity index (χ2n) is 5.67. The van der Waals surface area contributed by atoms with Crippen molar-refractivity contribution in [3.63, 3.8) is 0 Å². The molecule has 0 saturated heterocycles. The molecule has 0 aliphatic rings. The van der Waals surface area contributed by atoms with Crippen molar-refractivity contribution in [1.29, 1.82) is 0 Å². The summed E-state index contributed by atoms with van der Waals surface area (Å²) < 4.78 is 21.9. The predicted molar refractivity (Wildman–Crippen MR) is 92.2 cm³/mol. The Kier molecular flexibility index (Phi) is 4.80. The number of nitrogens with zero attached hydrogens (tertiary/aromatic N) is 3. The molecule has 2 aromatic heterocycles. The Hall–Kier alpha value is -2.74. The van der Waals surface area contributed by atoms with Gasteiger partial charge in [0.15, 0.2) is 11.2 Å². The molecule has 8 heteroatoms. The molecule has 0 saturated carbocycles. The zero-order chi connectivity index (χ0) is 18.0. The summed E-state index contributed by atoms with van der Waals surface area (Å²) in [5.41, 5.74) is 0.0951. The predicted octanol–water partition coefficient (Wildman–Crippen LogP) is 1.75. The van der Waals surface area contributed by atoms with Crippen molar-refractivity contribution in [3.8, 4) is 11.4 Å². The zero-order valence-electron chi connectivity index (χ0n) is 14.1. The fraction of sp³-hybridized carbons (Fsp3) is 0.353. The zero-order valence-corrected chi connectivity index (χ0v) is 14.1. The smallest absolute Gasteiger partial charge is 0.330 e. The molecule has 1 aromatic carbocycles. The molecule has 1 N–H and O–H groups in total. The third kappa shape index (κ3) is 3.12. The van der Waals surface area contributed by atoms with E-state index in [9.17, 15) is 14.0 Å². The van der Waals surface area contributed by atoms with Gasteiger partial charge in [-0.25, -0.2) is 14.2 Å². The Bertz CT molecular complexity index is 1020. The molecule has 0 fully saturated rings. The first kappa shape index (κ1) is 17.1. The van der Waals surface area contributed by atoms with Gasteiger partial charge in [-0.2, -0.15) is 0 Å². The highest BCUT2D eigenvalue weighted by molar-refractivity contribution is 5.77. The number of fused-ring (bicyclic) bond motifs is 1. The van der Waals surface area contributed by atoms with Crippen molar-refractivity contribution in [1.82, 2.24) is 19.1 Å². The summed E-state index contributed by atoms with van der Waals surface area (Å²) in [5.74, 6) is 0.0233. The van der Waals surface area contributed by atoms with Crippen LogP contribution in [0.1, 0.15) is 13.3 Å². The molecule has 3 rings (SSSR count). The van der Waals surface area contributed by atoms with Crippen molar-refractivity contribution in [2.75, 3.05) is 13.7 Å². The van der Waals surface area contributed by atoms with Crippen LogP contribution < -0.4 is 11.2 Å². The number of rotatable bonds is 6. The van der Waals surface area contributed by atoms with Crippen LogP contribution in [0.15, 0.2) is 33.9 Å². The van der Waals surface area contributed by atoms with Gasteiger partial charge in [-0.05, 0) is 18.6 Å². The average Bonchev–Trinajstić information content (AvgIpc) is 2.96. The van der Waals surface area contributed by atoms with Gasteiger partial charge in [0.1, 0.15) is 11.6 Å². The summed E-state index contributed by atoms with van der Waals surface area (Å²) in [6.07, 6.45) is 0.710. The molecule has 3 aromatic rings. The SMILES string of the molecule is CCCn1c(=O)[nH]c(=O)c2c1nc(-c1cccc(F)c1)n2CCOC. The number of halogens is 1. The van der Waals surface area contributed by atoms with Crippen LogP contribution in [-0.4, -0.2) is 32.8 Å². The number of aryl methyl sites for hydroxylation is 1. The average molecular weight is 346 g/mol. The van der Waals surface area contributed by atoms with Crippen LogP contribution in [0.2, 0.25) is 0 Å². The molecule has 0 spiro atoms. The Balaban J connectivity index is 2.36. The van der Waals surface area contributed by atoms with Gasteiger partial charge in [0.2, 0.25) is 0 Å². The Morgan fingerprint density at radius 1 is 1.24 bits per heavy atom. The van der Waals surface area contributed by atoms with E-state index in [-0.39, 0.29) is 5.52 Å². The van der Waals surface area contributed by atoms with Crippen LogP contribution in [0.5, 0.6) is 0 Å². The van der Waals surface area contributed by atoms with Crippen molar-refractivity contribution >= 4 is 11.2 Å². The minimum Gasteiger partial charge on any atom is -0.383 e. The number of ether oxygens (including phenoxy) is 1. The standard InChI is InChI=1S/C17H19FN4O3/c1-3-7-22-15-13(16(23)20-17(22)24)21(8-9-25-2)14(19-15)11-5-4-6-12(18)10-11/h4-6,10H,3,7-9H2,1-2H3,(H,20,23,24). The minimum atomic E-state index is -0.515. The highest BCUT2D eigenvalue weighted by Crippen LogP contribution is 2.23. The molecule has 0 radical (unpaired) electrons. The summed E-state index contributed by atoms with van der Waals surface area (Å²) in [6.45, 7) is 3.06. The normalized spacial score (nSPS) is 11.3. The number of nitrogens with one attached hydrogen (secondary N) is 1. The third-order valence-corrected chi connectivity index (χ3v) is 3.93. The van der Waals surface area contributed by atoms with E-state index in [2.05, 4.69) is 9.97 Å². The van der Waals surface area contributed by atoms with Gasteiger partial charge in [-0.3, -0.25) is 14.3 Å². The van der Waals surface area contributed by atoms with Gasteiger partial charge in [-0.1, -0.05) is 19.1 Å². The molecule has 0 atom stereocenters. The van der Waals surface area contributed by atoms with Crippen LogP contribution in [0.4, 0.5) is 4.39 Å². The van der Waals surface area contributed by atoms with E-state index in [4.69, 9.17) is 4.74 Å². The fourth-order valence-electron chi connectivity index (χ4n) is 2.85. The molecule has 0 amide bonds. The number of hydrogen-bond donors (Lipinski definition) is 1. The lowest BCUT2D eigenvalue weighted by Gasteiger charge is -2.08. The van der Waals surface area contributed by atoms with E-state index in [0.717, 1.165) is 0 Å². The van der Waals surface area contributed by atoms with Gasteiger partial charge in [0.05, 0.1) is 6.61 Å². The van der Waals surface area contributed by atoms with E-state index < -0.39 is 17.1 Å². The summed E-state index contributed by atoms with van der Waals surface area (Å²) >= 11 is 0. The van der Waals surface area contributed by atoms with E-state index >= 15 is 0 Å². The van der Waals surface area contributed by atoms with Crippen molar-refractivity contribution < 1.29 is 9.13 Å². The van der Waals surface area contributed by atoms with Crippen LogP contribution in [0.25, 0.3) is 22.6 Å². The number of imidazole rings is 1. The summed E-state index contributed by atoms with van der Waals surface area (Å²) in [7, 11) is 1.55. The first-order valence-electron chi connectivity index (χ1n) is 8.05. The lowest BCUT2D eigenvalue weighted by molar-refractivity contribution is 0.188. The summed E-state index contributed by atoms with van der Waals surface area (Å²) in [5, 5.41) is 0. The highest BCUT2D eigenvalue weighted by Gasteiger charge is 2.19. The van der Waals surface area contributed by atoms with Crippen LogP contribution >= 0.6 is 0 Å². The summed E-state index contributed by atoms with van der Waals surface area (Å²) in [6, 6.07) is 5.98. The largest absolute Gasteiger partial charge is 0.383 e. The number of H-pyrrole nitrogens is 1. The molecule has 2 heterocycles. The molecular weight excluding hydrogens is 327 g/mol. The number of hydrogen-bond acceptors (Lipinski definition) is 4. The Morgan fingerprint density at radius 3 is 2.72 bits per heavy atom. The van der Waals surface area contributed by atoms with Crippen molar-refractivity contribution in [2.24, 2.45) is 0 Å². The topological polar surface area (TPSA) is 81.9 Å². The Labute approximate surface area is 142 Å². The first-order valence-corrected chi connectivity index (χ1v) is 8.05. The van der Waals surface area contributed by atoms with Gasteiger partial charge in [0, 0.05) is 25.8 Å². The Morgan fingerprint density at radius 2 is 2.04 bits per heavy atom. The number of aromatic amines is 1. The monoisotopic (exact) mass is 346 g/mol. The molecule has 132 valence electrons. The molecule has 0 aliphatic carbocycles. The molecule has 7 nitrogen and oxygen atoms in total. The number of methoxy groups -OCH3 is 1. The van der Waals surface area contributed by atoms with Crippen molar-refractivity contribution in [3.05, 3.63) is 50.9 Å². The third-order valence-electron chi connectivity index (χ3n) is 3.93. The van der Waals surface area contributed by atoms with Gasteiger partial charge in [0.25, 0.3) is 5.56 Å². The molecular formula is C17H19FN4O3. The maximum Gasteiger partial charge on any atom is 0.330 e. The summed E-state index contributed by atoms with van der Waals surface area (Å²) in [4.78, 5) is 31.4. The van der Waals surface area contributed by atoms with Gasteiger partial charge < -0.3 is 9.30 Å². The van der Waals surface area contributed by atoms with Gasteiger partial charge >= 0.3 is 5.69 Å². The van der Waals surface area contributed by atoms with E-state index in [1.807, 2.05) is 6.92 Å². The van der Waals surface area contributed by atoms with E-state index in [1.165, 1.54) is 16.7 Å². The first-order chi connectivity index (χ1) is 12.1. The molecule has 0 bridgehead atoms. The van der Waals surface area contributed by atoms with Gasteiger partial charge in [-0.15, -0.1) is 0 Å². The number of aromatic nitrogens is 4. The van der Waals surface area contributed by atoms with E-state index in [1.54, 1.807) is 23.8 Å². The maximum absolute atomic E-state index is 13.7. The van der Waals surface area contributed by atoms with Crippen LogP contribution in [-0.2, 0) is 17.8 Å². The van der Waals surface area contributed by atoms with Crippen molar-refractivity contribution in [2.45, 2.75) is 26.4 Å². The van der Waals surface area contributed by atoms with Crippen LogP contribution in [0, 0.1) is 5.82 Å². The second-order valence-corrected chi connectivity index (χ2v) is 5.67. The molecule has 0 aliphatic heterocycles. The highest BCUT2D eigenvalue weighted by atomic mass is 19.1. The second kappa shape index (κ2) is 7.02.